The van der Waals surface area contributed by atoms with Crippen LogP contribution in [0.4, 0.5) is 0 Å². The molecule has 1 aliphatic rings. The first-order valence-electron chi connectivity index (χ1n) is 6.26. The van der Waals surface area contributed by atoms with Crippen LogP contribution in [0.3, 0.4) is 0 Å². The molecule has 90 valence electrons. The minimum absolute atomic E-state index is 0.478. The first kappa shape index (κ1) is 12.2. The Balaban J connectivity index is 1.71. The van der Waals surface area contributed by atoms with Gasteiger partial charge in [0.25, 0.3) is 0 Å². The van der Waals surface area contributed by atoms with Gasteiger partial charge in [-0.05, 0) is 25.0 Å². The van der Waals surface area contributed by atoms with Crippen LogP contribution in [-0.4, -0.2) is 23.8 Å². The number of hydrogen-bond acceptors (Lipinski definition) is 2. The van der Waals surface area contributed by atoms with Crippen LogP contribution in [-0.2, 0) is 0 Å². The zero-order chi connectivity index (χ0) is 12.0. The largest absolute Gasteiger partial charge is 0.389 e. The van der Waals surface area contributed by atoms with Gasteiger partial charge in [-0.1, -0.05) is 42.9 Å². The predicted octanol–water partition coefficient (Wildman–Crippen LogP) is 1.93. The Kier molecular flexibility index (Phi) is 4.19. The highest BCUT2D eigenvalue weighted by atomic mass is 16.3. The van der Waals surface area contributed by atoms with Crippen molar-refractivity contribution < 1.29 is 5.11 Å². The highest BCUT2D eigenvalue weighted by Crippen LogP contribution is 2.28. The van der Waals surface area contributed by atoms with E-state index in [9.17, 15) is 5.11 Å². The van der Waals surface area contributed by atoms with E-state index in [0.29, 0.717) is 13.1 Å². The highest BCUT2D eigenvalue weighted by Gasteiger charge is 2.30. The van der Waals surface area contributed by atoms with Gasteiger partial charge in [-0.15, -0.1) is 0 Å². The maximum atomic E-state index is 10.1. The molecule has 0 spiro atoms. The molecule has 0 aliphatic heterocycles. The molecular weight excluding hydrogens is 210 g/mol. The van der Waals surface area contributed by atoms with Gasteiger partial charge in [0.15, 0.2) is 0 Å². The van der Waals surface area contributed by atoms with E-state index in [1.807, 2.05) is 30.3 Å². The summed E-state index contributed by atoms with van der Waals surface area (Å²) in [6, 6.07) is 9.95. The van der Waals surface area contributed by atoms with Gasteiger partial charge in [0.05, 0.1) is 12.1 Å². The molecule has 0 unspecified atom stereocenters. The lowest BCUT2D eigenvalue weighted by Crippen LogP contribution is -2.38. The summed E-state index contributed by atoms with van der Waals surface area (Å²) in [7, 11) is 0. The normalized spacial score (nSPS) is 17.5. The molecule has 1 aliphatic carbocycles. The Labute approximate surface area is 103 Å². The molecule has 0 bridgehead atoms. The summed E-state index contributed by atoms with van der Waals surface area (Å²) in [5, 5.41) is 13.3. The average molecular weight is 229 g/mol. The first-order valence-corrected chi connectivity index (χ1v) is 6.26. The Morgan fingerprint density at radius 1 is 1.18 bits per heavy atom. The van der Waals surface area contributed by atoms with Crippen LogP contribution in [0.25, 0.3) is 0 Å². The molecule has 2 rings (SSSR count). The van der Waals surface area contributed by atoms with Crippen LogP contribution < -0.4 is 5.32 Å². The predicted molar refractivity (Wildman–Crippen MR) is 69.6 cm³/mol. The van der Waals surface area contributed by atoms with Gasteiger partial charge >= 0.3 is 0 Å². The van der Waals surface area contributed by atoms with Gasteiger partial charge in [0, 0.05) is 12.1 Å². The number of nitrogens with one attached hydrogen (secondary N) is 1. The molecular formula is C15H19NO. The fourth-order valence-corrected chi connectivity index (χ4v) is 2.24. The standard InChI is InChI=1S/C15H19NO/c17-15(10-4-5-11-15)13-16-12-6-9-14-7-2-1-3-8-14/h1-3,7-8,16-17H,4-5,10-13H2. The molecule has 2 heteroatoms. The molecule has 2 nitrogen and oxygen atoms in total. The second-order valence-corrected chi connectivity index (χ2v) is 4.70. The van der Waals surface area contributed by atoms with E-state index in [-0.39, 0.29) is 0 Å². The van der Waals surface area contributed by atoms with Gasteiger partial charge in [0.2, 0.25) is 0 Å². The number of rotatable bonds is 3. The summed E-state index contributed by atoms with van der Waals surface area (Å²) < 4.78 is 0. The molecule has 1 fully saturated rings. The third-order valence-electron chi connectivity index (χ3n) is 3.21. The molecule has 0 radical (unpaired) electrons. The Bertz CT molecular complexity index is 396. The molecule has 0 aromatic heterocycles. The Hall–Kier alpha value is -1.30. The van der Waals surface area contributed by atoms with Gasteiger partial charge in [-0.3, -0.25) is 0 Å². The molecule has 0 saturated heterocycles. The summed E-state index contributed by atoms with van der Waals surface area (Å²) in [6.45, 7) is 1.30. The van der Waals surface area contributed by atoms with Crippen molar-refractivity contribution in [2.45, 2.75) is 31.3 Å². The third-order valence-corrected chi connectivity index (χ3v) is 3.21. The number of aliphatic hydroxyl groups is 1. The van der Waals surface area contributed by atoms with E-state index < -0.39 is 5.60 Å². The van der Waals surface area contributed by atoms with Crippen molar-refractivity contribution in [2.75, 3.05) is 13.1 Å². The van der Waals surface area contributed by atoms with Crippen LogP contribution in [0.1, 0.15) is 31.2 Å². The lowest BCUT2D eigenvalue weighted by molar-refractivity contribution is 0.0489. The fourth-order valence-electron chi connectivity index (χ4n) is 2.24. The van der Waals surface area contributed by atoms with Crippen LogP contribution in [0.5, 0.6) is 0 Å². The zero-order valence-corrected chi connectivity index (χ0v) is 10.1. The monoisotopic (exact) mass is 229 g/mol. The molecule has 17 heavy (non-hydrogen) atoms. The number of hydrogen-bond donors (Lipinski definition) is 2. The summed E-state index contributed by atoms with van der Waals surface area (Å²) >= 11 is 0. The van der Waals surface area contributed by atoms with Gasteiger partial charge in [-0.2, -0.15) is 0 Å². The minimum Gasteiger partial charge on any atom is -0.389 e. The molecule has 0 atom stereocenters. The molecule has 0 amide bonds. The maximum absolute atomic E-state index is 10.1. The zero-order valence-electron chi connectivity index (χ0n) is 10.1. The first-order chi connectivity index (χ1) is 8.29. The van der Waals surface area contributed by atoms with E-state index >= 15 is 0 Å². The van der Waals surface area contributed by atoms with Crippen LogP contribution in [0.2, 0.25) is 0 Å². The summed E-state index contributed by atoms with van der Waals surface area (Å²) in [4.78, 5) is 0. The van der Waals surface area contributed by atoms with E-state index in [0.717, 1.165) is 31.2 Å². The maximum Gasteiger partial charge on any atom is 0.0771 e. The van der Waals surface area contributed by atoms with E-state index in [1.165, 1.54) is 0 Å². The molecule has 2 N–H and O–H groups in total. The van der Waals surface area contributed by atoms with Crippen LogP contribution >= 0.6 is 0 Å². The summed E-state index contributed by atoms with van der Waals surface area (Å²) in [5.41, 5.74) is 0.558. The second-order valence-electron chi connectivity index (χ2n) is 4.70. The van der Waals surface area contributed by atoms with Crippen molar-refractivity contribution in [3.05, 3.63) is 35.9 Å². The lowest BCUT2D eigenvalue weighted by Gasteiger charge is -2.21. The Morgan fingerprint density at radius 2 is 1.88 bits per heavy atom. The van der Waals surface area contributed by atoms with Crippen molar-refractivity contribution in [2.24, 2.45) is 0 Å². The molecule has 1 saturated carbocycles. The molecule has 1 aromatic carbocycles. The third kappa shape index (κ3) is 3.89. The van der Waals surface area contributed by atoms with Crippen molar-refractivity contribution >= 4 is 0 Å². The highest BCUT2D eigenvalue weighted by molar-refractivity contribution is 5.33. The van der Waals surface area contributed by atoms with E-state index in [1.54, 1.807) is 0 Å². The minimum atomic E-state index is -0.478. The van der Waals surface area contributed by atoms with Crippen LogP contribution in [0.15, 0.2) is 30.3 Å². The summed E-state index contributed by atoms with van der Waals surface area (Å²) in [5.74, 6) is 6.16. The molecule has 0 heterocycles. The Morgan fingerprint density at radius 3 is 2.59 bits per heavy atom. The quantitative estimate of drug-likeness (QED) is 0.613. The van der Waals surface area contributed by atoms with Gasteiger partial charge in [-0.25, -0.2) is 0 Å². The van der Waals surface area contributed by atoms with Crippen molar-refractivity contribution in [3.8, 4) is 11.8 Å². The van der Waals surface area contributed by atoms with Crippen molar-refractivity contribution in [1.82, 2.24) is 5.32 Å². The average Bonchev–Trinajstić information content (AvgIpc) is 2.77. The van der Waals surface area contributed by atoms with Crippen molar-refractivity contribution in [1.29, 1.82) is 0 Å². The smallest absolute Gasteiger partial charge is 0.0771 e. The summed E-state index contributed by atoms with van der Waals surface area (Å²) in [6.07, 6.45) is 4.14. The topological polar surface area (TPSA) is 32.3 Å². The van der Waals surface area contributed by atoms with E-state index in [2.05, 4.69) is 17.2 Å². The SMILES string of the molecule is OC1(CNCC#Cc2ccccc2)CCCC1. The second kappa shape index (κ2) is 5.86. The van der Waals surface area contributed by atoms with Gasteiger partial charge < -0.3 is 10.4 Å². The lowest BCUT2D eigenvalue weighted by atomic mass is 10.0. The van der Waals surface area contributed by atoms with Crippen LogP contribution in [0, 0.1) is 11.8 Å². The van der Waals surface area contributed by atoms with Gasteiger partial charge in [0.1, 0.15) is 0 Å². The molecule has 1 aromatic rings. The van der Waals surface area contributed by atoms with Crippen molar-refractivity contribution in [3.63, 3.8) is 0 Å². The number of benzene rings is 1. The fraction of sp³-hybridized carbons (Fsp3) is 0.467. The van der Waals surface area contributed by atoms with E-state index in [4.69, 9.17) is 0 Å².